The summed E-state index contributed by atoms with van der Waals surface area (Å²) in [4.78, 5) is 19.8. The van der Waals surface area contributed by atoms with Crippen molar-refractivity contribution in [3.63, 3.8) is 0 Å². The Morgan fingerprint density at radius 2 is 2.37 bits per heavy atom. The van der Waals surface area contributed by atoms with Crippen LogP contribution in [0, 0.1) is 6.92 Å². The summed E-state index contributed by atoms with van der Waals surface area (Å²) in [6, 6.07) is 2.22. The fraction of sp³-hybridized carbons (Fsp3) is 0.615. The van der Waals surface area contributed by atoms with Gasteiger partial charge in [-0.1, -0.05) is 11.8 Å². The number of nitrogens with zero attached hydrogens (tertiary/aromatic N) is 2. The Morgan fingerprint density at radius 3 is 2.95 bits per heavy atom. The molecule has 2 rings (SSSR count). The number of aryl methyl sites for hydroxylation is 1. The topological polar surface area (TPSA) is 75.1 Å². The van der Waals surface area contributed by atoms with E-state index in [0.29, 0.717) is 23.4 Å². The number of hydrogen-bond acceptors (Lipinski definition) is 5. The quantitative estimate of drug-likeness (QED) is 0.587. The molecule has 2 N–H and O–H groups in total. The minimum absolute atomic E-state index is 0.376. The normalized spacial score (nSPS) is 18.0. The molecule has 0 amide bonds. The van der Waals surface area contributed by atoms with Gasteiger partial charge in [0.15, 0.2) is 5.16 Å². The van der Waals surface area contributed by atoms with Crippen LogP contribution in [0.4, 0.5) is 0 Å². The summed E-state index contributed by atoms with van der Waals surface area (Å²) < 4.78 is 0. The zero-order valence-corrected chi connectivity index (χ0v) is 12.0. The van der Waals surface area contributed by atoms with Gasteiger partial charge in [-0.25, -0.2) is 9.97 Å². The molecular formula is C13H19N3O2S. The monoisotopic (exact) mass is 281 g/mol. The standard InChI is InChI=1S/C13H19N3O2S/c1-9-5-7-14-12(15-9)19-8-6-13(2,11(17)18)16-10-3-4-10/h5,7,10,16H,3-4,6,8H2,1-2H3,(H,17,18). The van der Waals surface area contributed by atoms with E-state index in [0.717, 1.165) is 18.5 Å². The Hall–Kier alpha value is -1.14. The number of aliphatic carboxylic acids is 1. The molecule has 1 aliphatic rings. The molecule has 0 aliphatic heterocycles. The first-order valence-corrected chi connectivity index (χ1v) is 7.42. The minimum atomic E-state index is -0.849. The Balaban J connectivity index is 1.86. The van der Waals surface area contributed by atoms with Crippen molar-refractivity contribution in [1.82, 2.24) is 15.3 Å². The molecule has 5 nitrogen and oxygen atoms in total. The Morgan fingerprint density at radius 1 is 1.63 bits per heavy atom. The molecule has 1 aliphatic carbocycles. The number of carbonyl (C=O) groups is 1. The van der Waals surface area contributed by atoms with E-state index >= 15 is 0 Å². The largest absolute Gasteiger partial charge is 0.480 e. The van der Waals surface area contributed by atoms with Crippen LogP contribution in [0.1, 0.15) is 31.9 Å². The maximum Gasteiger partial charge on any atom is 0.323 e. The van der Waals surface area contributed by atoms with Gasteiger partial charge in [0, 0.05) is 23.7 Å². The molecule has 104 valence electrons. The van der Waals surface area contributed by atoms with Crippen LogP contribution in [0.25, 0.3) is 0 Å². The highest BCUT2D eigenvalue weighted by Gasteiger charge is 2.38. The van der Waals surface area contributed by atoms with Crippen molar-refractivity contribution in [2.75, 3.05) is 5.75 Å². The predicted octanol–water partition coefficient (Wildman–Crippen LogP) is 1.86. The summed E-state index contributed by atoms with van der Waals surface area (Å²) in [5.74, 6) is -0.100. The van der Waals surface area contributed by atoms with E-state index in [1.165, 1.54) is 11.8 Å². The van der Waals surface area contributed by atoms with Crippen LogP contribution in [0.2, 0.25) is 0 Å². The van der Waals surface area contributed by atoms with E-state index in [1.807, 2.05) is 13.0 Å². The molecule has 0 spiro atoms. The first-order chi connectivity index (χ1) is 8.99. The van der Waals surface area contributed by atoms with Crippen molar-refractivity contribution in [1.29, 1.82) is 0 Å². The van der Waals surface area contributed by atoms with Crippen molar-refractivity contribution >= 4 is 17.7 Å². The number of hydrogen-bond donors (Lipinski definition) is 2. The zero-order valence-electron chi connectivity index (χ0n) is 11.2. The van der Waals surface area contributed by atoms with Gasteiger partial charge in [-0.15, -0.1) is 0 Å². The fourth-order valence-corrected chi connectivity index (χ4v) is 2.80. The molecule has 19 heavy (non-hydrogen) atoms. The second-order valence-electron chi connectivity index (χ2n) is 5.13. The van der Waals surface area contributed by atoms with Crippen molar-refractivity contribution < 1.29 is 9.90 Å². The number of carboxylic acids is 1. The lowest BCUT2D eigenvalue weighted by Gasteiger charge is -2.26. The van der Waals surface area contributed by atoms with Crippen molar-refractivity contribution in [3.05, 3.63) is 18.0 Å². The zero-order chi connectivity index (χ0) is 13.9. The van der Waals surface area contributed by atoms with Crippen LogP contribution in [0.5, 0.6) is 0 Å². The van der Waals surface area contributed by atoms with E-state index in [9.17, 15) is 9.90 Å². The summed E-state index contributed by atoms with van der Waals surface area (Å²) in [5.41, 5.74) is 0.0763. The van der Waals surface area contributed by atoms with E-state index in [4.69, 9.17) is 0 Å². The maximum atomic E-state index is 11.4. The summed E-state index contributed by atoms with van der Waals surface area (Å²) in [6.07, 6.45) is 4.44. The van der Waals surface area contributed by atoms with Crippen LogP contribution in [0.15, 0.2) is 17.4 Å². The van der Waals surface area contributed by atoms with Crippen LogP contribution in [-0.4, -0.2) is 38.4 Å². The maximum absolute atomic E-state index is 11.4. The Bertz CT molecular complexity index is 465. The van der Waals surface area contributed by atoms with Crippen LogP contribution in [0.3, 0.4) is 0 Å². The molecule has 1 heterocycles. The van der Waals surface area contributed by atoms with Crippen LogP contribution in [-0.2, 0) is 4.79 Å². The average molecular weight is 281 g/mol. The molecule has 1 fully saturated rings. The van der Waals surface area contributed by atoms with E-state index in [-0.39, 0.29) is 0 Å². The van der Waals surface area contributed by atoms with Crippen molar-refractivity contribution in [2.45, 2.75) is 49.8 Å². The SMILES string of the molecule is Cc1ccnc(SCCC(C)(NC2CC2)C(=O)O)n1. The second-order valence-corrected chi connectivity index (χ2v) is 6.20. The number of rotatable bonds is 7. The van der Waals surface area contributed by atoms with Gasteiger partial charge in [0.05, 0.1) is 0 Å². The van der Waals surface area contributed by atoms with E-state index in [1.54, 1.807) is 13.1 Å². The van der Waals surface area contributed by atoms with E-state index < -0.39 is 11.5 Å². The van der Waals surface area contributed by atoms with E-state index in [2.05, 4.69) is 15.3 Å². The van der Waals surface area contributed by atoms with Gasteiger partial charge < -0.3 is 5.11 Å². The molecule has 1 atom stereocenters. The predicted molar refractivity (Wildman–Crippen MR) is 74.3 cm³/mol. The van der Waals surface area contributed by atoms with Crippen LogP contribution >= 0.6 is 11.8 Å². The van der Waals surface area contributed by atoms with Gasteiger partial charge in [0.1, 0.15) is 5.54 Å². The van der Waals surface area contributed by atoms with Gasteiger partial charge >= 0.3 is 5.97 Å². The lowest BCUT2D eigenvalue weighted by Crippen LogP contribution is -2.50. The van der Waals surface area contributed by atoms with Gasteiger partial charge in [-0.3, -0.25) is 10.1 Å². The highest BCUT2D eigenvalue weighted by molar-refractivity contribution is 7.99. The van der Waals surface area contributed by atoms with Crippen LogP contribution < -0.4 is 5.32 Å². The smallest absolute Gasteiger partial charge is 0.323 e. The number of carboxylic acid groups (broad SMARTS) is 1. The third kappa shape index (κ3) is 4.18. The lowest BCUT2D eigenvalue weighted by molar-refractivity contribution is -0.144. The highest BCUT2D eigenvalue weighted by atomic mass is 32.2. The number of aromatic nitrogens is 2. The molecule has 0 saturated heterocycles. The Kier molecular flexibility index (Phi) is 4.42. The lowest BCUT2D eigenvalue weighted by atomic mass is 9.99. The molecule has 1 saturated carbocycles. The van der Waals surface area contributed by atoms with Gasteiger partial charge in [-0.2, -0.15) is 0 Å². The molecule has 1 unspecified atom stereocenters. The molecule has 0 radical (unpaired) electrons. The molecule has 1 aromatic heterocycles. The van der Waals surface area contributed by atoms with Gasteiger partial charge in [0.2, 0.25) is 0 Å². The summed E-state index contributed by atoms with van der Waals surface area (Å²) in [7, 11) is 0. The second kappa shape index (κ2) is 5.88. The number of thioether (sulfide) groups is 1. The molecule has 6 heteroatoms. The van der Waals surface area contributed by atoms with Gasteiger partial charge in [0.25, 0.3) is 0 Å². The highest BCUT2D eigenvalue weighted by Crippen LogP contribution is 2.26. The van der Waals surface area contributed by atoms with Crippen molar-refractivity contribution in [3.8, 4) is 0 Å². The van der Waals surface area contributed by atoms with Gasteiger partial charge in [-0.05, 0) is 39.2 Å². The first kappa shape index (κ1) is 14.3. The average Bonchev–Trinajstić information content (AvgIpc) is 3.12. The molecule has 0 aromatic carbocycles. The summed E-state index contributed by atoms with van der Waals surface area (Å²) in [6.45, 7) is 3.67. The first-order valence-electron chi connectivity index (χ1n) is 6.43. The van der Waals surface area contributed by atoms with Crippen molar-refractivity contribution in [2.24, 2.45) is 0 Å². The Labute approximate surface area is 117 Å². The molecule has 1 aromatic rings. The third-order valence-electron chi connectivity index (χ3n) is 3.18. The third-order valence-corrected chi connectivity index (χ3v) is 4.04. The molecular weight excluding hydrogens is 262 g/mol. The summed E-state index contributed by atoms with van der Waals surface area (Å²) >= 11 is 1.50. The number of nitrogens with one attached hydrogen (secondary N) is 1. The minimum Gasteiger partial charge on any atom is -0.480 e. The molecule has 0 bridgehead atoms. The summed E-state index contributed by atoms with van der Waals surface area (Å²) in [5, 5.41) is 13.3. The fourth-order valence-electron chi connectivity index (χ4n) is 1.76.